The van der Waals surface area contributed by atoms with E-state index in [-0.39, 0.29) is 12.7 Å². The Morgan fingerprint density at radius 2 is 2.31 bits per heavy atom. The third-order valence-corrected chi connectivity index (χ3v) is 2.91. The third-order valence-electron chi connectivity index (χ3n) is 2.91. The van der Waals surface area contributed by atoms with Gasteiger partial charge in [-0.3, -0.25) is 0 Å². The molecule has 0 bridgehead atoms. The third kappa shape index (κ3) is 2.62. The van der Waals surface area contributed by atoms with E-state index in [2.05, 4.69) is 4.98 Å². The minimum atomic E-state index is 0.111. The van der Waals surface area contributed by atoms with Gasteiger partial charge in [0, 0.05) is 19.6 Å². The molecule has 2 rings (SSSR count). The molecule has 1 unspecified atom stereocenters. The standard InChI is InChI=1S/C12H19NO3/c1-9-12(10-5-2-3-8-15-10)13-11(16-9)6-4-7-14/h10,14H,2-8H2,1H3. The number of oxazole rings is 1. The van der Waals surface area contributed by atoms with Gasteiger partial charge >= 0.3 is 0 Å². The van der Waals surface area contributed by atoms with Gasteiger partial charge < -0.3 is 14.3 Å². The first-order valence-electron chi connectivity index (χ1n) is 6.00. The lowest BCUT2D eigenvalue weighted by molar-refractivity contribution is 0.0117. The molecule has 1 fully saturated rings. The van der Waals surface area contributed by atoms with Gasteiger partial charge in [-0.05, 0) is 32.6 Å². The lowest BCUT2D eigenvalue weighted by Gasteiger charge is -2.20. The van der Waals surface area contributed by atoms with Gasteiger partial charge in [0.15, 0.2) is 5.89 Å². The van der Waals surface area contributed by atoms with Crippen LogP contribution < -0.4 is 0 Å². The summed E-state index contributed by atoms with van der Waals surface area (Å²) in [6.45, 7) is 2.93. The van der Waals surface area contributed by atoms with Crippen molar-refractivity contribution in [1.29, 1.82) is 0 Å². The number of ether oxygens (including phenoxy) is 1. The minimum absolute atomic E-state index is 0.111. The van der Waals surface area contributed by atoms with E-state index in [1.165, 1.54) is 6.42 Å². The molecule has 1 aromatic heterocycles. The molecule has 1 N–H and O–H groups in total. The van der Waals surface area contributed by atoms with Crippen LogP contribution in [0.4, 0.5) is 0 Å². The predicted octanol–water partition coefficient (Wildman–Crippen LogP) is 2.15. The predicted molar refractivity (Wildman–Crippen MR) is 59.2 cm³/mol. The van der Waals surface area contributed by atoms with Gasteiger partial charge in [0.25, 0.3) is 0 Å². The van der Waals surface area contributed by atoms with E-state index in [1.807, 2.05) is 6.92 Å². The fraction of sp³-hybridized carbons (Fsp3) is 0.750. The summed E-state index contributed by atoms with van der Waals surface area (Å²) in [6.07, 6.45) is 4.88. The second-order valence-corrected chi connectivity index (χ2v) is 4.23. The molecule has 1 aliphatic heterocycles. The van der Waals surface area contributed by atoms with Crippen molar-refractivity contribution in [2.45, 2.75) is 45.1 Å². The molecule has 1 atom stereocenters. The summed E-state index contributed by atoms with van der Waals surface area (Å²) in [7, 11) is 0. The Labute approximate surface area is 95.6 Å². The van der Waals surface area contributed by atoms with Crippen LogP contribution in [0.2, 0.25) is 0 Å². The molecular weight excluding hydrogens is 206 g/mol. The molecule has 1 aromatic rings. The van der Waals surface area contributed by atoms with Crippen LogP contribution in [0.1, 0.15) is 49.1 Å². The maximum absolute atomic E-state index is 8.76. The van der Waals surface area contributed by atoms with E-state index >= 15 is 0 Å². The Balaban J connectivity index is 2.04. The highest BCUT2D eigenvalue weighted by atomic mass is 16.5. The fourth-order valence-electron chi connectivity index (χ4n) is 2.06. The van der Waals surface area contributed by atoms with Crippen molar-refractivity contribution in [1.82, 2.24) is 4.98 Å². The molecule has 0 aromatic carbocycles. The average molecular weight is 225 g/mol. The summed E-state index contributed by atoms with van der Waals surface area (Å²) in [4.78, 5) is 4.47. The molecule has 1 saturated heterocycles. The summed E-state index contributed by atoms with van der Waals surface area (Å²) in [5.74, 6) is 1.58. The van der Waals surface area contributed by atoms with Crippen molar-refractivity contribution in [3.63, 3.8) is 0 Å². The van der Waals surface area contributed by atoms with E-state index in [1.54, 1.807) is 0 Å². The number of aromatic nitrogens is 1. The van der Waals surface area contributed by atoms with Gasteiger partial charge in [0.2, 0.25) is 0 Å². The fourth-order valence-corrected chi connectivity index (χ4v) is 2.06. The molecular formula is C12H19NO3. The van der Waals surface area contributed by atoms with Crippen LogP contribution in [0.5, 0.6) is 0 Å². The maximum Gasteiger partial charge on any atom is 0.194 e. The van der Waals surface area contributed by atoms with Crippen molar-refractivity contribution >= 4 is 0 Å². The second-order valence-electron chi connectivity index (χ2n) is 4.23. The van der Waals surface area contributed by atoms with Crippen LogP contribution in [0, 0.1) is 6.92 Å². The molecule has 0 amide bonds. The molecule has 1 aliphatic rings. The van der Waals surface area contributed by atoms with Crippen LogP contribution in [0.15, 0.2) is 4.42 Å². The number of aryl methyl sites for hydroxylation is 2. The highest BCUT2D eigenvalue weighted by Crippen LogP contribution is 2.29. The number of hydrogen-bond acceptors (Lipinski definition) is 4. The molecule has 90 valence electrons. The summed E-state index contributed by atoms with van der Waals surface area (Å²) in [5, 5.41) is 8.76. The Morgan fingerprint density at radius 1 is 1.44 bits per heavy atom. The zero-order chi connectivity index (χ0) is 11.4. The first kappa shape index (κ1) is 11.6. The van der Waals surface area contributed by atoms with Gasteiger partial charge in [0.05, 0.1) is 0 Å². The van der Waals surface area contributed by atoms with Crippen molar-refractivity contribution in [2.75, 3.05) is 13.2 Å². The minimum Gasteiger partial charge on any atom is -0.446 e. The van der Waals surface area contributed by atoms with Crippen molar-refractivity contribution < 1.29 is 14.3 Å². The lowest BCUT2D eigenvalue weighted by Crippen LogP contribution is -2.12. The Hall–Kier alpha value is -0.870. The van der Waals surface area contributed by atoms with E-state index < -0.39 is 0 Å². The van der Waals surface area contributed by atoms with Crippen LogP contribution in [-0.2, 0) is 11.2 Å². The lowest BCUT2D eigenvalue weighted by atomic mass is 10.1. The van der Waals surface area contributed by atoms with Gasteiger partial charge in [-0.25, -0.2) is 4.98 Å². The van der Waals surface area contributed by atoms with Crippen LogP contribution in [0.25, 0.3) is 0 Å². The largest absolute Gasteiger partial charge is 0.446 e. The topological polar surface area (TPSA) is 55.5 Å². The first-order valence-corrected chi connectivity index (χ1v) is 6.00. The molecule has 0 saturated carbocycles. The highest BCUT2D eigenvalue weighted by Gasteiger charge is 2.22. The molecule has 0 spiro atoms. The van der Waals surface area contributed by atoms with Gasteiger partial charge in [0.1, 0.15) is 17.6 Å². The van der Waals surface area contributed by atoms with Crippen LogP contribution in [0.3, 0.4) is 0 Å². The summed E-state index contributed by atoms with van der Waals surface area (Å²) in [6, 6.07) is 0. The smallest absolute Gasteiger partial charge is 0.194 e. The first-order chi connectivity index (χ1) is 7.81. The van der Waals surface area contributed by atoms with E-state index in [9.17, 15) is 0 Å². The summed E-state index contributed by atoms with van der Waals surface area (Å²) < 4.78 is 11.3. The van der Waals surface area contributed by atoms with Gasteiger partial charge in [-0.1, -0.05) is 0 Å². The Kier molecular flexibility index (Phi) is 3.96. The van der Waals surface area contributed by atoms with Crippen molar-refractivity contribution in [3.05, 3.63) is 17.3 Å². The Morgan fingerprint density at radius 3 is 3.00 bits per heavy atom. The number of hydrogen-bond donors (Lipinski definition) is 1. The molecule has 0 aliphatic carbocycles. The maximum atomic E-state index is 8.76. The van der Waals surface area contributed by atoms with Crippen LogP contribution in [-0.4, -0.2) is 23.3 Å². The molecule has 4 heteroatoms. The van der Waals surface area contributed by atoms with Gasteiger partial charge in [-0.2, -0.15) is 0 Å². The van der Waals surface area contributed by atoms with E-state index in [0.29, 0.717) is 12.8 Å². The summed E-state index contributed by atoms with van der Waals surface area (Å²) in [5.41, 5.74) is 0.952. The van der Waals surface area contributed by atoms with E-state index in [0.717, 1.165) is 36.8 Å². The van der Waals surface area contributed by atoms with Crippen molar-refractivity contribution in [3.8, 4) is 0 Å². The second kappa shape index (κ2) is 5.46. The Bertz CT molecular complexity index is 329. The zero-order valence-corrected chi connectivity index (χ0v) is 9.74. The summed E-state index contributed by atoms with van der Waals surface area (Å²) >= 11 is 0. The number of aliphatic hydroxyl groups is 1. The molecule has 16 heavy (non-hydrogen) atoms. The average Bonchev–Trinajstić information content (AvgIpc) is 2.69. The quantitative estimate of drug-likeness (QED) is 0.853. The normalized spacial score (nSPS) is 21.2. The SMILES string of the molecule is Cc1oc(CCCO)nc1C1CCCCO1. The number of nitrogens with zero attached hydrogens (tertiary/aromatic N) is 1. The molecule has 2 heterocycles. The monoisotopic (exact) mass is 225 g/mol. The number of rotatable bonds is 4. The van der Waals surface area contributed by atoms with Crippen molar-refractivity contribution in [2.24, 2.45) is 0 Å². The van der Waals surface area contributed by atoms with E-state index in [4.69, 9.17) is 14.3 Å². The highest BCUT2D eigenvalue weighted by molar-refractivity contribution is 5.12. The number of aliphatic hydroxyl groups excluding tert-OH is 1. The molecule has 0 radical (unpaired) electrons. The van der Waals surface area contributed by atoms with Crippen LogP contribution >= 0.6 is 0 Å². The molecule has 4 nitrogen and oxygen atoms in total. The van der Waals surface area contributed by atoms with Gasteiger partial charge in [-0.15, -0.1) is 0 Å². The zero-order valence-electron chi connectivity index (χ0n) is 9.74.